The van der Waals surface area contributed by atoms with Crippen LogP contribution < -0.4 is 14.8 Å². The van der Waals surface area contributed by atoms with Crippen LogP contribution in [0.2, 0.25) is 0 Å². The molecule has 0 saturated carbocycles. The van der Waals surface area contributed by atoms with Crippen LogP contribution in [0.4, 0.5) is 11.4 Å². The predicted octanol–water partition coefficient (Wildman–Crippen LogP) is 2.80. The molecule has 1 amide bonds. The summed E-state index contributed by atoms with van der Waals surface area (Å²) in [6.07, 6.45) is 0. The Morgan fingerprint density at radius 2 is 1.85 bits per heavy atom. The number of carbonyl (C=O) groups is 2. The Balaban J connectivity index is 1.97. The van der Waals surface area contributed by atoms with Gasteiger partial charge in [-0.2, -0.15) is 0 Å². The van der Waals surface area contributed by atoms with Crippen LogP contribution >= 0.6 is 0 Å². The van der Waals surface area contributed by atoms with Crippen LogP contribution in [0.3, 0.4) is 0 Å². The van der Waals surface area contributed by atoms with Crippen molar-refractivity contribution in [3.63, 3.8) is 0 Å². The Hall–Kier alpha value is -3.62. The normalized spacial score (nSPS) is 10.0. The van der Waals surface area contributed by atoms with Gasteiger partial charge in [0.05, 0.1) is 24.2 Å². The van der Waals surface area contributed by atoms with Crippen molar-refractivity contribution in [2.24, 2.45) is 0 Å². The van der Waals surface area contributed by atoms with E-state index in [9.17, 15) is 19.7 Å². The third kappa shape index (κ3) is 5.43. The lowest BCUT2D eigenvalue weighted by Crippen LogP contribution is -2.21. The summed E-state index contributed by atoms with van der Waals surface area (Å²) in [6, 6.07) is 10.3. The van der Waals surface area contributed by atoms with Crippen molar-refractivity contribution in [3.05, 3.63) is 58.1 Å². The topological polar surface area (TPSA) is 117 Å². The third-order valence-electron chi connectivity index (χ3n) is 3.40. The quantitative estimate of drug-likeness (QED) is 0.429. The molecule has 0 atom stereocenters. The van der Waals surface area contributed by atoms with Gasteiger partial charge in [-0.15, -0.1) is 0 Å². The summed E-state index contributed by atoms with van der Waals surface area (Å²) in [4.78, 5) is 34.3. The van der Waals surface area contributed by atoms with Crippen LogP contribution in [-0.4, -0.2) is 37.1 Å². The molecule has 2 aromatic rings. The molecule has 0 aromatic heterocycles. The number of carbonyl (C=O) groups excluding carboxylic acids is 2. The molecule has 0 bridgehead atoms. The molecule has 0 unspecified atom stereocenters. The minimum absolute atomic E-state index is 0.0521. The van der Waals surface area contributed by atoms with Crippen molar-refractivity contribution in [2.45, 2.75) is 6.92 Å². The highest BCUT2D eigenvalue weighted by atomic mass is 16.6. The van der Waals surface area contributed by atoms with Gasteiger partial charge >= 0.3 is 11.7 Å². The Morgan fingerprint density at radius 1 is 1.15 bits per heavy atom. The maximum atomic E-state index is 12.0. The first kappa shape index (κ1) is 19.7. The number of methoxy groups -OCH3 is 1. The molecule has 0 spiro atoms. The number of rotatable bonds is 8. The van der Waals surface area contributed by atoms with Crippen molar-refractivity contribution >= 4 is 23.3 Å². The van der Waals surface area contributed by atoms with Crippen molar-refractivity contribution in [1.29, 1.82) is 0 Å². The lowest BCUT2D eigenvalue weighted by Gasteiger charge is -2.08. The fraction of sp³-hybridized carbons (Fsp3) is 0.222. The molecule has 0 aliphatic carbocycles. The Bertz CT molecular complexity index is 834. The van der Waals surface area contributed by atoms with Crippen LogP contribution in [0, 0.1) is 10.1 Å². The number of anilines is 1. The van der Waals surface area contributed by atoms with E-state index in [1.807, 2.05) is 0 Å². The van der Waals surface area contributed by atoms with E-state index in [0.717, 1.165) is 6.07 Å². The molecule has 2 rings (SSSR count). The van der Waals surface area contributed by atoms with Gasteiger partial charge in [0.1, 0.15) is 5.75 Å². The minimum atomic E-state index is -0.856. The second-order valence-corrected chi connectivity index (χ2v) is 5.23. The van der Waals surface area contributed by atoms with Crippen LogP contribution in [0.25, 0.3) is 0 Å². The van der Waals surface area contributed by atoms with Crippen LogP contribution in [0.5, 0.6) is 11.5 Å². The van der Waals surface area contributed by atoms with Gasteiger partial charge in [-0.3, -0.25) is 14.9 Å². The van der Waals surface area contributed by atoms with Gasteiger partial charge in [0.2, 0.25) is 0 Å². The number of nitrogens with zero attached hydrogens (tertiary/aromatic N) is 1. The molecule has 1 N–H and O–H groups in total. The van der Waals surface area contributed by atoms with E-state index in [2.05, 4.69) is 5.32 Å². The summed E-state index contributed by atoms with van der Waals surface area (Å²) in [5.41, 5.74) is 0.102. The number of hydrogen-bond acceptors (Lipinski definition) is 7. The minimum Gasteiger partial charge on any atom is -0.497 e. The van der Waals surface area contributed by atoms with E-state index < -0.39 is 23.4 Å². The van der Waals surface area contributed by atoms with Gasteiger partial charge in [-0.25, -0.2) is 4.79 Å². The van der Waals surface area contributed by atoms with Crippen molar-refractivity contribution in [3.8, 4) is 11.5 Å². The molecule has 27 heavy (non-hydrogen) atoms. The molecule has 0 aliphatic rings. The monoisotopic (exact) mass is 374 g/mol. The van der Waals surface area contributed by atoms with Gasteiger partial charge in [0.15, 0.2) is 12.4 Å². The van der Waals surface area contributed by atoms with Crippen molar-refractivity contribution in [1.82, 2.24) is 0 Å². The number of ether oxygens (including phenoxy) is 3. The highest BCUT2D eigenvalue weighted by molar-refractivity contribution is 5.96. The summed E-state index contributed by atoms with van der Waals surface area (Å²) in [6.45, 7) is 1.40. The number of esters is 1. The number of nitrogens with one attached hydrogen (secondary N) is 1. The molecule has 142 valence electrons. The number of nitro benzene ring substituents is 1. The van der Waals surface area contributed by atoms with Crippen LogP contribution in [0.1, 0.15) is 17.3 Å². The SMILES string of the molecule is CCOc1ccc(C(=O)OCC(=O)Nc2ccc(OC)cc2)cc1[N+](=O)[O-]. The molecular formula is C18H18N2O7. The maximum absolute atomic E-state index is 12.0. The van der Waals surface area contributed by atoms with Crippen LogP contribution in [0.15, 0.2) is 42.5 Å². The fourth-order valence-corrected chi connectivity index (χ4v) is 2.15. The molecular weight excluding hydrogens is 356 g/mol. The van der Waals surface area contributed by atoms with Gasteiger partial charge in [0.25, 0.3) is 5.91 Å². The number of benzene rings is 2. The van der Waals surface area contributed by atoms with Gasteiger partial charge < -0.3 is 19.5 Å². The molecule has 0 fully saturated rings. The number of hydrogen-bond donors (Lipinski definition) is 1. The lowest BCUT2D eigenvalue weighted by molar-refractivity contribution is -0.385. The smallest absolute Gasteiger partial charge is 0.338 e. The standard InChI is InChI=1S/C18H18N2O7/c1-3-26-16-9-4-12(10-15(16)20(23)24)18(22)27-11-17(21)19-13-5-7-14(25-2)8-6-13/h4-10H,3,11H2,1-2H3,(H,19,21). The zero-order valence-electron chi connectivity index (χ0n) is 14.8. The molecule has 0 heterocycles. The zero-order chi connectivity index (χ0) is 19.8. The lowest BCUT2D eigenvalue weighted by atomic mass is 10.2. The zero-order valence-corrected chi connectivity index (χ0v) is 14.8. The Kier molecular flexibility index (Phi) is 6.70. The molecule has 9 heteroatoms. The van der Waals surface area contributed by atoms with Gasteiger partial charge in [0, 0.05) is 11.8 Å². The van der Waals surface area contributed by atoms with Gasteiger partial charge in [-0.1, -0.05) is 0 Å². The van der Waals surface area contributed by atoms with E-state index in [0.29, 0.717) is 11.4 Å². The average molecular weight is 374 g/mol. The first-order valence-electron chi connectivity index (χ1n) is 7.97. The molecule has 0 radical (unpaired) electrons. The molecule has 0 saturated heterocycles. The number of nitro groups is 1. The summed E-state index contributed by atoms with van der Waals surface area (Å²) in [5.74, 6) is -0.715. The third-order valence-corrected chi connectivity index (χ3v) is 3.40. The van der Waals surface area contributed by atoms with E-state index in [4.69, 9.17) is 14.2 Å². The van der Waals surface area contributed by atoms with Crippen molar-refractivity contribution < 1.29 is 28.7 Å². The first-order chi connectivity index (χ1) is 12.9. The summed E-state index contributed by atoms with van der Waals surface area (Å²) < 4.78 is 15.1. The molecule has 2 aromatic carbocycles. The van der Waals surface area contributed by atoms with E-state index >= 15 is 0 Å². The molecule has 0 aliphatic heterocycles. The Morgan fingerprint density at radius 3 is 2.44 bits per heavy atom. The maximum Gasteiger partial charge on any atom is 0.338 e. The first-order valence-corrected chi connectivity index (χ1v) is 7.97. The predicted molar refractivity (Wildman–Crippen MR) is 96.2 cm³/mol. The highest BCUT2D eigenvalue weighted by Gasteiger charge is 2.20. The summed E-state index contributed by atoms with van der Waals surface area (Å²) >= 11 is 0. The van der Waals surface area contributed by atoms with E-state index in [1.165, 1.54) is 19.2 Å². The van der Waals surface area contributed by atoms with Gasteiger partial charge in [-0.05, 0) is 43.3 Å². The van der Waals surface area contributed by atoms with Crippen LogP contribution in [-0.2, 0) is 9.53 Å². The average Bonchev–Trinajstić information content (AvgIpc) is 2.67. The van der Waals surface area contributed by atoms with E-state index in [1.54, 1.807) is 31.2 Å². The summed E-state index contributed by atoms with van der Waals surface area (Å²) in [5, 5.41) is 13.6. The Labute approximate surface area is 155 Å². The summed E-state index contributed by atoms with van der Waals surface area (Å²) in [7, 11) is 1.53. The van der Waals surface area contributed by atoms with Crippen molar-refractivity contribution in [2.75, 3.05) is 25.6 Å². The number of amides is 1. The second kappa shape index (κ2) is 9.18. The highest BCUT2D eigenvalue weighted by Crippen LogP contribution is 2.28. The second-order valence-electron chi connectivity index (χ2n) is 5.23. The van der Waals surface area contributed by atoms with E-state index in [-0.39, 0.29) is 23.6 Å². The largest absolute Gasteiger partial charge is 0.497 e. The fourth-order valence-electron chi connectivity index (χ4n) is 2.15. The molecule has 9 nitrogen and oxygen atoms in total.